The van der Waals surface area contributed by atoms with Crippen LogP contribution < -0.4 is 10.6 Å². The average Bonchev–Trinajstić information content (AvgIpc) is 2.64. The Morgan fingerprint density at radius 3 is 3.20 bits per heavy atom. The quantitative estimate of drug-likeness (QED) is 0.693. The molecule has 15 heavy (non-hydrogen) atoms. The molecule has 76 valence electrons. The van der Waals surface area contributed by atoms with Gasteiger partial charge in [0.05, 0.1) is 5.69 Å². The monoisotopic (exact) mass is 219 g/mol. The van der Waals surface area contributed by atoms with Crippen LogP contribution in [0.15, 0.2) is 29.6 Å². The lowest BCUT2D eigenvalue weighted by Gasteiger charge is -2.07. The van der Waals surface area contributed by atoms with Crippen LogP contribution in [0.25, 0.3) is 0 Å². The molecule has 2 aliphatic rings. The van der Waals surface area contributed by atoms with E-state index in [0.717, 1.165) is 28.5 Å². The number of carbonyl (C=O) groups excluding carboxylic acids is 1. The molecule has 0 aliphatic carbocycles. The molecule has 1 aromatic rings. The van der Waals surface area contributed by atoms with Crippen LogP contribution in [-0.2, 0) is 4.79 Å². The van der Waals surface area contributed by atoms with Gasteiger partial charge in [-0.3, -0.25) is 4.79 Å². The van der Waals surface area contributed by atoms with Crippen molar-refractivity contribution in [3.8, 4) is 0 Å². The summed E-state index contributed by atoms with van der Waals surface area (Å²) in [6.45, 7) is 0. The van der Waals surface area contributed by atoms with Gasteiger partial charge in [-0.05, 0) is 12.1 Å². The first-order valence-electron chi connectivity index (χ1n) is 4.68. The van der Waals surface area contributed by atoms with Crippen molar-refractivity contribution in [2.24, 2.45) is 0 Å². The van der Waals surface area contributed by atoms with E-state index in [-0.39, 0.29) is 5.91 Å². The highest BCUT2D eigenvalue weighted by molar-refractivity contribution is 8.00. The number of thioether (sulfide) groups is 1. The van der Waals surface area contributed by atoms with Crippen LogP contribution in [0.5, 0.6) is 0 Å². The molecule has 0 saturated heterocycles. The molecule has 0 aromatic carbocycles. The molecule has 4 nitrogen and oxygen atoms in total. The van der Waals surface area contributed by atoms with Crippen LogP contribution in [-0.4, -0.2) is 22.4 Å². The van der Waals surface area contributed by atoms with Gasteiger partial charge in [0.15, 0.2) is 5.82 Å². The first-order chi connectivity index (χ1) is 7.34. The Balaban J connectivity index is 2.08. The summed E-state index contributed by atoms with van der Waals surface area (Å²) in [5.74, 6) is 2.24. The minimum Gasteiger partial charge on any atom is -0.355 e. The van der Waals surface area contributed by atoms with Crippen molar-refractivity contribution in [2.75, 3.05) is 22.1 Å². The first kappa shape index (κ1) is 8.79. The van der Waals surface area contributed by atoms with Crippen LogP contribution in [0.2, 0.25) is 0 Å². The largest absolute Gasteiger partial charge is 0.355 e. The second-order valence-electron chi connectivity index (χ2n) is 3.43. The van der Waals surface area contributed by atoms with Gasteiger partial charge < -0.3 is 10.6 Å². The summed E-state index contributed by atoms with van der Waals surface area (Å²) in [7, 11) is 0. The van der Waals surface area contributed by atoms with Gasteiger partial charge in [-0.25, -0.2) is 4.98 Å². The van der Waals surface area contributed by atoms with Gasteiger partial charge in [-0.15, -0.1) is 0 Å². The number of amides is 1. The van der Waals surface area contributed by atoms with Crippen LogP contribution in [0, 0.1) is 0 Å². The average molecular weight is 219 g/mol. The van der Waals surface area contributed by atoms with E-state index in [1.165, 1.54) is 0 Å². The fourth-order valence-electron chi connectivity index (χ4n) is 1.69. The SMILES string of the molecule is O=C1Nc2ncccc2NC2=C1CSC2. The molecule has 1 amide bonds. The number of fused-ring (bicyclic) bond motifs is 1. The van der Waals surface area contributed by atoms with Crippen LogP contribution >= 0.6 is 11.8 Å². The summed E-state index contributed by atoms with van der Waals surface area (Å²) in [5, 5.41) is 6.07. The third-order valence-electron chi connectivity index (χ3n) is 2.46. The lowest BCUT2D eigenvalue weighted by molar-refractivity contribution is -0.112. The maximum absolute atomic E-state index is 11.8. The molecule has 0 unspecified atom stereocenters. The molecule has 0 bridgehead atoms. The van der Waals surface area contributed by atoms with E-state index >= 15 is 0 Å². The van der Waals surface area contributed by atoms with Gasteiger partial charge in [-0.1, -0.05) is 0 Å². The minimum absolute atomic E-state index is 0.0278. The number of rotatable bonds is 0. The first-order valence-corrected chi connectivity index (χ1v) is 5.83. The Morgan fingerprint density at radius 1 is 1.33 bits per heavy atom. The molecule has 0 spiro atoms. The highest BCUT2D eigenvalue weighted by atomic mass is 32.2. The Kier molecular flexibility index (Phi) is 1.92. The second-order valence-corrected chi connectivity index (χ2v) is 4.41. The van der Waals surface area contributed by atoms with Crippen molar-refractivity contribution < 1.29 is 4.79 Å². The topological polar surface area (TPSA) is 54.0 Å². The molecule has 0 saturated carbocycles. The lowest BCUT2D eigenvalue weighted by atomic mass is 10.2. The molecular weight excluding hydrogens is 210 g/mol. The maximum atomic E-state index is 11.8. The third-order valence-corrected chi connectivity index (χ3v) is 3.44. The zero-order valence-electron chi connectivity index (χ0n) is 7.91. The fourth-order valence-corrected chi connectivity index (χ4v) is 2.76. The van der Waals surface area contributed by atoms with E-state index in [0.29, 0.717) is 5.82 Å². The third kappa shape index (κ3) is 1.39. The van der Waals surface area contributed by atoms with E-state index in [9.17, 15) is 4.79 Å². The highest BCUT2D eigenvalue weighted by Gasteiger charge is 2.25. The minimum atomic E-state index is -0.0278. The lowest BCUT2D eigenvalue weighted by Crippen LogP contribution is -2.15. The molecule has 0 fully saturated rings. The zero-order valence-corrected chi connectivity index (χ0v) is 8.73. The maximum Gasteiger partial charge on any atom is 0.255 e. The predicted molar refractivity (Wildman–Crippen MR) is 60.8 cm³/mol. The van der Waals surface area contributed by atoms with Crippen molar-refractivity contribution >= 4 is 29.2 Å². The highest BCUT2D eigenvalue weighted by Crippen LogP contribution is 2.31. The van der Waals surface area contributed by atoms with Gasteiger partial charge >= 0.3 is 0 Å². The summed E-state index contributed by atoms with van der Waals surface area (Å²) in [6, 6.07) is 3.77. The van der Waals surface area contributed by atoms with Crippen LogP contribution in [0.3, 0.4) is 0 Å². The van der Waals surface area contributed by atoms with Crippen molar-refractivity contribution in [3.05, 3.63) is 29.6 Å². The Morgan fingerprint density at radius 2 is 2.27 bits per heavy atom. The molecular formula is C10H9N3OS. The van der Waals surface area contributed by atoms with Gasteiger partial charge in [0.2, 0.25) is 0 Å². The number of aromatic nitrogens is 1. The predicted octanol–water partition coefficient (Wildman–Crippen LogP) is 1.45. The summed E-state index contributed by atoms with van der Waals surface area (Å²) < 4.78 is 0. The Labute approximate surface area is 91.2 Å². The molecule has 0 atom stereocenters. The standard InChI is InChI=1S/C10H9N3OS/c14-10-6-4-15-5-8(6)12-7-2-1-3-11-9(7)13-10/h1-3,12H,4-5H2,(H,11,13,14). The number of carbonyl (C=O) groups is 1. The van der Waals surface area contributed by atoms with E-state index in [4.69, 9.17) is 0 Å². The second kappa shape index (κ2) is 3.27. The summed E-state index contributed by atoms with van der Waals surface area (Å²) in [6.07, 6.45) is 1.67. The van der Waals surface area contributed by atoms with Crippen LogP contribution in [0.1, 0.15) is 0 Å². The summed E-state index contributed by atoms with van der Waals surface area (Å²) in [4.78, 5) is 15.9. The van der Waals surface area contributed by atoms with Crippen molar-refractivity contribution in [1.29, 1.82) is 0 Å². The number of anilines is 2. The molecule has 3 rings (SSSR count). The zero-order chi connectivity index (χ0) is 10.3. The fraction of sp³-hybridized carbons (Fsp3) is 0.200. The molecule has 2 aliphatic heterocycles. The van der Waals surface area contributed by atoms with E-state index in [2.05, 4.69) is 15.6 Å². The van der Waals surface area contributed by atoms with Gasteiger partial charge in [0.1, 0.15) is 0 Å². The molecule has 0 radical (unpaired) electrons. The van der Waals surface area contributed by atoms with Crippen molar-refractivity contribution in [3.63, 3.8) is 0 Å². The number of hydrogen-bond donors (Lipinski definition) is 2. The van der Waals surface area contributed by atoms with Gasteiger partial charge in [-0.2, -0.15) is 11.8 Å². The smallest absolute Gasteiger partial charge is 0.255 e. The molecule has 5 heteroatoms. The Bertz CT molecular complexity index is 469. The van der Waals surface area contributed by atoms with E-state index in [1.807, 2.05) is 12.1 Å². The number of nitrogens with one attached hydrogen (secondary N) is 2. The number of pyridine rings is 1. The number of hydrogen-bond acceptors (Lipinski definition) is 4. The normalized spacial score (nSPS) is 18.8. The molecule has 1 aromatic heterocycles. The summed E-state index contributed by atoms with van der Waals surface area (Å²) in [5.41, 5.74) is 2.74. The van der Waals surface area contributed by atoms with Crippen LogP contribution in [0.4, 0.5) is 11.5 Å². The van der Waals surface area contributed by atoms with E-state index in [1.54, 1.807) is 18.0 Å². The molecule has 2 N–H and O–H groups in total. The van der Waals surface area contributed by atoms with E-state index < -0.39 is 0 Å². The Hall–Kier alpha value is -1.49. The molecule has 3 heterocycles. The van der Waals surface area contributed by atoms with Gasteiger partial charge in [0, 0.05) is 29.0 Å². The van der Waals surface area contributed by atoms with Gasteiger partial charge in [0.25, 0.3) is 5.91 Å². The van der Waals surface area contributed by atoms with Crippen molar-refractivity contribution in [2.45, 2.75) is 0 Å². The number of nitrogens with zero attached hydrogens (tertiary/aromatic N) is 1. The van der Waals surface area contributed by atoms with Crippen molar-refractivity contribution in [1.82, 2.24) is 4.98 Å². The summed E-state index contributed by atoms with van der Waals surface area (Å²) >= 11 is 1.75.